The largest absolute Gasteiger partial charge is 0.449 e. The zero-order valence-corrected chi connectivity index (χ0v) is 14.3. The molecule has 1 amide bonds. The topological polar surface area (TPSA) is 55.4 Å². The lowest BCUT2D eigenvalue weighted by Gasteiger charge is -2.14. The molecule has 0 saturated heterocycles. The lowest BCUT2D eigenvalue weighted by Crippen LogP contribution is -2.30. The Morgan fingerprint density at radius 1 is 0.917 bits per heavy atom. The second kappa shape index (κ2) is 8.29. The van der Waals surface area contributed by atoms with Gasteiger partial charge >= 0.3 is 5.97 Å². The Bertz CT molecular complexity index is 690. The van der Waals surface area contributed by atoms with Gasteiger partial charge in [-0.25, -0.2) is 4.79 Å². The predicted octanol–water partition coefficient (Wildman–Crippen LogP) is 4.00. The highest BCUT2D eigenvalue weighted by Gasteiger charge is 2.19. The molecule has 0 saturated carbocycles. The molecule has 0 aliphatic carbocycles. The number of benzene rings is 2. The van der Waals surface area contributed by atoms with Crippen LogP contribution in [-0.2, 0) is 22.4 Å². The molecule has 4 heteroatoms. The Morgan fingerprint density at radius 2 is 1.42 bits per heavy atom. The summed E-state index contributed by atoms with van der Waals surface area (Å²) in [5.41, 5.74) is 3.47. The smallest absolute Gasteiger partial charge is 0.338 e. The monoisotopic (exact) mass is 325 g/mol. The number of carbonyl (C=O) groups is 2. The van der Waals surface area contributed by atoms with Gasteiger partial charge < -0.3 is 10.1 Å². The molecule has 1 N–H and O–H groups in total. The molecule has 0 heterocycles. The number of anilines is 1. The summed E-state index contributed by atoms with van der Waals surface area (Å²) in [6.07, 6.45) is 0.985. The molecule has 0 radical (unpaired) electrons. The summed E-state index contributed by atoms with van der Waals surface area (Å²) in [6, 6.07) is 14.8. The van der Waals surface area contributed by atoms with Crippen molar-refractivity contribution in [2.45, 2.75) is 39.7 Å². The third-order valence-electron chi connectivity index (χ3n) is 3.88. The van der Waals surface area contributed by atoms with E-state index in [2.05, 4.69) is 12.2 Å². The minimum Gasteiger partial charge on any atom is -0.449 e. The van der Waals surface area contributed by atoms with E-state index >= 15 is 0 Å². The fourth-order valence-corrected chi connectivity index (χ4v) is 2.23. The van der Waals surface area contributed by atoms with Gasteiger partial charge in [-0.1, -0.05) is 38.1 Å². The molecule has 2 aromatic carbocycles. The van der Waals surface area contributed by atoms with Gasteiger partial charge in [0.25, 0.3) is 5.91 Å². The van der Waals surface area contributed by atoms with E-state index in [9.17, 15) is 9.59 Å². The van der Waals surface area contributed by atoms with Gasteiger partial charge in [-0.05, 0) is 55.2 Å². The van der Waals surface area contributed by atoms with Crippen LogP contribution in [0.3, 0.4) is 0 Å². The summed E-state index contributed by atoms with van der Waals surface area (Å²) in [4.78, 5) is 24.2. The van der Waals surface area contributed by atoms with Gasteiger partial charge in [0.15, 0.2) is 6.10 Å². The van der Waals surface area contributed by atoms with Crippen molar-refractivity contribution < 1.29 is 14.3 Å². The molecule has 0 spiro atoms. The third-order valence-corrected chi connectivity index (χ3v) is 3.88. The minimum absolute atomic E-state index is 0.349. The standard InChI is InChI=1S/C20H23NO3/c1-4-15-6-10-17(11-7-15)20(23)24-14(3)19(22)21-18-12-8-16(5-2)9-13-18/h6-14H,4-5H2,1-3H3,(H,21,22)/t14-/m1/s1. The molecule has 0 unspecified atom stereocenters. The number of aryl methyl sites for hydroxylation is 2. The molecule has 0 bridgehead atoms. The van der Waals surface area contributed by atoms with Crippen LogP contribution in [0.15, 0.2) is 48.5 Å². The van der Waals surface area contributed by atoms with Gasteiger partial charge in [0.1, 0.15) is 0 Å². The van der Waals surface area contributed by atoms with Crippen LogP contribution in [0, 0.1) is 0 Å². The average molecular weight is 325 g/mol. The van der Waals surface area contributed by atoms with Gasteiger partial charge in [0.2, 0.25) is 0 Å². The van der Waals surface area contributed by atoms with Gasteiger partial charge in [0, 0.05) is 5.69 Å². The molecule has 0 aliphatic heterocycles. The number of hydrogen-bond donors (Lipinski definition) is 1. The second-order valence-electron chi connectivity index (χ2n) is 5.64. The third kappa shape index (κ3) is 4.69. The van der Waals surface area contributed by atoms with E-state index in [0.29, 0.717) is 11.3 Å². The molecule has 126 valence electrons. The van der Waals surface area contributed by atoms with Gasteiger partial charge in [-0.15, -0.1) is 0 Å². The number of rotatable bonds is 6. The minimum atomic E-state index is -0.866. The number of esters is 1. The van der Waals surface area contributed by atoms with E-state index in [0.717, 1.165) is 18.4 Å². The highest BCUT2D eigenvalue weighted by Crippen LogP contribution is 2.12. The zero-order valence-electron chi connectivity index (χ0n) is 14.3. The van der Waals surface area contributed by atoms with Crippen LogP contribution < -0.4 is 5.32 Å². The van der Waals surface area contributed by atoms with E-state index in [4.69, 9.17) is 4.74 Å². The van der Waals surface area contributed by atoms with Crippen LogP contribution in [-0.4, -0.2) is 18.0 Å². The fourth-order valence-electron chi connectivity index (χ4n) is 2.23. The van der Waals surface area contributed by atoms with E-state index in [1.165, 1.54) is 5.56 Å². The molecule has 24 heavy (non-hydrogen) atoms. The van der Waals surface area contributed by atoms with Crippen LogP contribution in [0.25, 0.3) is 0 Å². The first-order chi connectivity index (χ1) is 11.5. The molecular weight excluding hydrogens is 302 g/mol. The molecule has 0 aliphatic rings. The Hall–Kier alpha value is -2.62. The normalized spacial score (nSPS) is 11.6. The Balaban J connectivity index is 1.93. The lowest BCUT2D eigenvalue weighted by molar-refractivity contribution is -0.123. The highest BCUT2D eigenvalue weighted by molar-refractivity contribution is 5.97. The van der Waals surface area contributed by atoms with E-state index < -0.39 is 12.1 Å². The summed E-state index contributed by atoms with van der Waals surface area (Å²) in [7, 11) is 0. The van der Waals surface area contributed by atoms with Crippen molar-refractivity contribution in [3.05, 3.63) is 65.2 Å². The van der Waals surface area contributed by atoms with Crippen LogP contribution in [0.1, 0.15) is 42.3 Å². The Morgan fingerprint density at radius 3 is 1.92 bits per heavy atom. The van der Waals surface area contributed by atoms with Gasteiger partial charge in [-0.3, -0.25) is 4.79 Å². The first-order valence-electron chi connectivity index (χ1n) is 8.23. The van der Waals surface area contributed by atoms with Crippen LogP contribution in [0.4, 0.5) is 5.69 Å². The number of ether oxygens (including phenoxy) is 1. The van der Waals surface area contributed by atoms with E-state index in [1.54, 1.807) is 19.1 Å². The molecule has 2 aromatic rings. The molecular formula is C20H23NO3. The maximum atomic E-state index is 12.1. The van der Waals surface area contributed by atoms with E-state index in [1.807, 2.05) is 43.3 Å². The van der Waals surface area contributed by atoms with Crippen molar-refractivity contribution in [3.8, 4) is 0 Å². The molecule has 0 fully saturated rings. The number of nitrogens with one attached hydrogen (secondary N) is 1. The van der Waals surface area contributed by atoms with Crippen molar-refractivity contribution in [2.75, 3.05) is 5.32 Å². The van der Waals surface area contributed by atoms with Crippen molar-refractivity contribution >= 4 is 17.6 Å². The maximum absolute atomic E-state index is 12.1. The molecule has 0 aromatic heterocycles. The first kappa shape index (κ1) is 17.7. The Labute approximate surface area is 142 Å². The Kier molecular flexibility index (Phi) is 6.13. The molecule has 1 atom stereocenters. The number of carbonyl (C=O) groups excluding carboxylic acids is 2. The lowest BCUT2D eigenvalue weighted by atomic mass is 10.1. The van der Waals surface area contributed by atoms with Crippen molar-refractivity contribution in [1.82, 2.24) is 0 Å². The maximum Gasteiger partial charge on any atom is 0.338 e. The molecule has 2 rings (SSSR count). The summed E-state index contributed by atoms with van der Waals surface area (Å²) in [6.45, 7) is 5.68. The average Bonchev–Trinajstić information content (AvgIpc) is 2.62. The second-order valence-corrected chi connectivity index (χ2v) is 5.64. The van der Waals surface area contributed by atoms with Crippen molar-refractivity contribution in [2.24, 2.45) is 0 Å². The van der Waals surface area contributed by atoms with Gasteiger partial charge in [-0.2, -0.15) is 0 Å². The highest BCUT2D eigenvalue weighted by atomic mass is 16.5. The van der Waals surface area contributed by atoms with Crippen LogP contribution in [0.2, 0.25) is 0 Å². The van der Waals surface area contributed by atoms with Crippen molar-refractivity contribution in [3.63, 3.8) is 0 Å². The van der Waals surface area contributed by atoms with Crippen LogP contribution >= 0.6 is 0 Å². The van der Waals surface area contributed by atoms with E-state index in [-0.39, 0.29) is 5.91 Å². The summed E-state index contributed by atoms with van der Waals surface area (Å²) < 4.78 is 5.24. The predicted molar refractivity (Wildman–Crippen MR) is 95.1 cm³/mol. The zero-order chi connectivity index (χ0) is 17.5. The van der Waals surface area contributed by atoms with Crippen LogP contribution in [0.5, 0.6) is 0 Å². The van der Waals surface area contributed by atoms with Gasteiger partial charge in [0.05, 0.1) is 5.56 Å². The number of amides is 1. The summed E-state index contributed by atoms with van der Waals surface area (Å²) in [5.74, 6) is -0.848. The number of hydrogen-bond acceptors (Lipinski definition) is 3. The summed E-state index contributed by atoms with van der Waals surface area (Å²) >= 11 is 0. The fraction of sp³-hybridized carbons (Fsp3) is 0.300. The first-order valence-corrected chi connectivity index (χ1v) is 8.23. The quantitative estimate of drug-likeness (QED) is 0.817. The summed E-state index contributed by atoms with van der Waals surface area (Å²) in [5, 5.41) is 2.75. The molecule has 4 nitrogen and oxygen atoms in total. The van der Waals surface area contributed by atoms with Crippen molar-refractivity contribution in [1.29, 1.82) is 0 Å². The SMILES string of the molecule is CCc1ccc(NC(=O)[C@@H](C)OC(=O)c2ccc(CC)cc2)cc1.